The van der Waals surface area contributed by atoms with Crippen LogP contribution in [-0.2, 0) is 0 Å². The maximum Gasteiger partial charge on any atom is 0.187 e. The molecule has 0 aliphatic carbocycles. The van der Waals surface area contributed by atoms with E-state index in [1.165, 1.54) is 18.2 Å². The van der Waals surface area contributed by atoms with Gasteiger partial charge in [0.25, 0.3) is 0 Å². The first kappa shape index (κ1) is 21.6. The SMILES string of the molecule is Cc1ccc([C@H]2[C@H](C#N)[C@@](C#N)(C(=O)c3cccc(F)c3)[C@H]3C=Cc4ccccc4N23)c(C)c1. The van der Waals surface area contributed by atoms with Gasteiger partial charge in [-0.2, -0.15) is 10.5 Å². The van der Waals surface area contributed by atoms with Crippen molar-refractivity contribution in [3.05, 3.63) is 106 Å². The first-order chi connectivity index (χ1) is 16.4. The zero-order valence-corrected chi connectivity index (χ0v) is 18.9. The third kappa shape index (κ3) is 2.98. The van der Waals surface area contributed by atoms with E-state index < -0.39 is 35.0 Å². The molecule has 2 aliphatic heterocycles. The van der Waals surface area contributed by atoms with Crippen LogP contribution < -0.4 is 4.90 Å². The van der Waals surface area contributed by atoms with Crippen molar-refractivity contribution in [1.82, 2.24) is 0 Å². The number of anilines is 1. The second-order valence-corrected chi connectivity index (χ2v) is 9.00. The summed E-state index contributed by atoms with van der Waals surface area (Å²) in [6.07, 6.45) is 3.75. The number of Topliss-reactive ketones (excluding diaryl/α,β-unsaturated/α-hetero) is 1. The molecule has 1 saturated heterocycles. The van der Waals surface area contributed by atoms with E-state index >= 15 is 0 Å². The maximum atomic E-state index is 14.1. The molecule has 4 atom stereocenters. The van der Waals surface area contributed by atoms with E-state index in [4.69, 9.17) is 0 Å². The van der Waals surface area contributed by atoms with Crippen molar-refractivity contribution >= 4 is 17.5 Å². The van der Waals surface area contributed by atoms with Gasteiger partial charge >= 0.3 is 0 Å². The zero-order valence-electron chi connectivity index (χ0n) is 18.9. The molecule has 2 heterocycles. The van der Waals surface area contributed by atoms with Gasteiger partial charge in [0, 0.05) is 11.3 Å². The van der Waals surface area contributed by atoms with Gasteiger partial charge in [0.1, 0.15) is 5.82 Å². The summed E-state index contributed by atoms with van der Waals surface area (Å²) in [5, 5.41) is 21.1. The lowest BCUT2D eigenvalue weighted by molar-refractivity contribution is 0.0829. The maximum absolute atomic E-state index is 14.1. The Hall–Kier alpha value is -4.22. The average molecular weight is 448 g/mol. The molecule has 5 rings (SSSR count). The van der Waals surface area contributed by atoms with Crippen LogP contribution in [0.5, 0.6) is 0 Å². The molecule has 0 aromatic heterocycles. The molecule has 0 N–H and O–H groups in total. The minimum Gasteiger partial charge on any atom is -0.354 e. The fourth-order valence-corrected chi connectivity index (χ4v) is 5.58. The number of aryl methyl sites for hydroxylation is 2. The third-order valence-electron chi connectivity index (χ3n) is 7.08. The van der Waals surface area contributed by atoms with Crippen LogP contribution in [-0.4, -0.2) is 11.8 Å². The smallest absolute Gasteiger partial charge is 0.187 e. The number of fused-ring (bicyclic) bond motifs is 3. The van der Waals surface area contributed by atoms with E-state index in [2.05, 4.69) is 12.1 Å². The van der Waals surface area contributed by atoms with E-state index in [-0.39, 0.29) is 5.56 Å². The van der Waals surface area contributed by atoms with E-state index in [9.17, 15) is 19.7 Å². The Kier molecular flexibility index (Phi) is 5.07. The van der Waals surface area contributed by atoms with Gasteiger partial charge in [0.05, 0.1) is 30.1 Å². The Labute approximate surface area is 198 Å². The van der Waals surface area contributed by atoms with E-state index in [1.807, 2.05) is 73.4 Å². The summed E-state index contributed by atoms with van der Waals surface area (Å²) in [4.78, 5) is 16.0. The fraction of sp³-hybridized carbons (Fsp3) is 0.207. The molecule has 0 bridgehead atoms. The van der Waals surface area contributed by atoms with Gasteiger partial charge in [-0.1, -0.05) is 66.2 Å². The largest absolute Gasteiger partial charge is 0.354 e. The predicted molar refractivity (Wildman–Crippen MR) is 128 cm³/mol. The average Bonchev–Trinajstić information content (AvgIpc) is 3.14. The monoisotopic (exact) mass is 447 g/mol. The molecule has 0 saturated carbocycles. The molecule has 3 aromatic rings. The number of rotatable bonds is 3. The van der Waals surface area contributed by atoms with Crippen LogP contribution >= 0.6 is 0 Å². The van der Waals surface area contributed by atoms with Gasteiger partial charge < -0.3 is 4.90 Å². The lowest BCUT2D eigenvalue weighted by Crippen LogP contribution is -2.46. The van der Waals surface area contributed by atoms with Crippen molar-refractivity contribution in [2.75, 3.05) is 4.90 Å². The van der Waals surface area contributed by atoms with Crippen LogP contribution in [0.3, 0.4) is 0 Å². The summed E-state index contributed by atoms with van der Waals surface area (Å²) >= 11 is 0. The molecular weight excluding hydrogens is 425 g/mol. The summed E-state index contributed by atoms with van der Waals surface area (Å²) < 4.78 is 14.1. The molecule has 4 nitrogen and oxygen atoms in total. The number of carbonyl (C=O) groups excluding carboxylic acids is 1. The summed E-state index contributed by atoms with van der Waals surface area (Å²) in [7, 11) is 0. The molecule has 0 unspecified atom stereocenters. The first-order valence-corrected chi connectivity index (χ1v) is 11.2. The minimum atomic E-state index is -1.71. The molecule has 34 heavy (non-hydrogen) atoms. The van der Waals surface area contributed by atoms with E-state index in [0.717, 1.165) is 34.0 Å². The number of hydrogen-bond donors (Lipinski definition) is 0. The van der Waals surface area contributed by atoms with Gasteiger partial charge in [-0.15, -0.1) is 0 Å². The minimum absolute atomic E-state index is 0.0929. The quantitative estimate of drug-likeness (QED) is 0.467. The fourth-order valence-electron chi connectivity index (χ4n) is 5.58. The Morgan fingerprint density at radius 2 is 1.82 bits per heavy atom. The molecule has 5 heteroatoms. The lowest BCUT2D eigenvalue weighted by atomic mass is 9.67. The summed E-state index contributed by atoms with van der Waals surface area (Å²) in [5.41, 5.74) is 3.18. The Bertz CT molecular complexity index is 1430. The highest BCUT2D eigenvalue weighted by Gasteiger charge is 2.65. The predicted octanol–water partition coefficient (Wildman–Crippen LogP) is 5.93. The molecule has 3 aromatic carbocycles. The number of carbonyl (C=O) groups is 1. The van der Waals surface area contributed by atoms with Crippen LogP contribution in [0, 0.1) is 53.7 Å². The molecule has 0 amide bonds. The van der Waals surface area contributed by atoms with Crippen molar-refractivity contribution in [1.29, 1.82) is 10.5 Å². The highest BCUT2D eigenvalue weighted by Crippen LogP contribution is 2.57. The highest BCUT2D eigenvalue weighted by molar-refractivity contribution is 6.05. The first-order valence-electron chi connectivity index (χ1n) is 11.2. The highest BCUT2D eigenvalue weighted by atomic mass is 19.1. The van der Waals surface area contributed by atoms with Gasteiger partial charge in [-0.3, -0.25) is 4.79 Å². The molecular formula is C29H22FN3O. The van der Waals surface area contributed by atoms with Crippen molar-refractivity contribution in [3.63, 3.8) is 0 Å². The normalized spacial score (nSPS) is 24.6. The van der Waals surface area contributed by atoms with Crippen LogP contribution in [0.1, 0.15) is 38.7 Å². The number of hydrogen-bond acceptors (Lipinski definition) is 4. The Balaban J connectivity index is 1.80. The van der Waals surface area contributed by atoms with Crippen molar-refractivity contribution in [3.8, 4) is 12.1 Å². The number of halogens is 1. The number of ketones is 1. The number of nitriles is 2. The summed E-state index contributed by atoms with van der Waals surface area (Å²) in [5.74, 6) is -2.07. The van der Waals surface area contributed by atoms with Crippen LogP contribution in [0.25, 0.3) is 6.08 Å². The van der Waals surface area contributed by atoms with Gasteiger partial charge in [0.15, 0.2) is 11.2 Å². The molecule has 0 radical (unpaired) electrons. The zero-order chi connectivity index (χ0) is 24.0. The van der Waals surface area contributed by atoms with Crippen LogP contribution in [0.4, 0.5) is 10.1 Å². The molecule has 2 aliphatic rings. The van der Waals surface area contributed by atoms with Crippen molar-refractivity contribution < 1.29 is 9.18 Å². The lowest BCUT2D eigenvalue weighted by Gasteiger charge is -2.37. The molecule has 1 fully saturated rings. The molecule has 0 spiro atoms. The van der Waals surface area contributed by atoms with Crippen LogP contribution in [0.15, 0.2) is 72.8 Å². The second-order valence-electron chi connectivity index (χ2n) is 9.00. The van der Waals surface area contributed by atoms with Gasteiger partial charge in [0.2, 0.25) is 0 Å². The second kappa shape index (κ2) is 7.97. The summed E-state index contributed by atoms with van der Waals surface area (Å²) in [6, 6.07) is 22.6. The van der Waals surface area contributed by atoms with E-state index in [1.54, 1.807) is 0 Å². The number of para-hydroxylation sites is 1. The van der Waals surface area contributed by atoms with Crippen molar-refractivity contribution in [2.45, 2.75) is 25.9 Å². The third-order valence-corrected chi connectivity index (χ3v) is 7.08. The van der Waals surface area contributed by atoms with Crippen LogP contribution in [0.2, 0.25) is 0 Å². The number of nitrogens with zero attached hydrogens (tertiary/aromatic N) is 3. The van der Waals surface area contributed by atoms with Gasteiger partial charge in [-0.25, -0.2) is 4.39 Å². The standard InChI is InChI=1S/C29H22FN3O/c1-18-10-12-23(19(2)14-18)27-24(16-31)29(17-32,28(34)21-7-5-8-22(30)15-21)26-13-11-20-6-3-4-9-25(20)33(26)27/h3-15,24,26-27H,1-2H3/t24-,26+,27-,29+/m0/s1. The Morgan fingerprint density at radius 3 is 2.53 bits per heavy atom. The summed E-state index contributed by atoms with van der Waals surface area (Å²) in [6.45, 7) is 3.99. The molecule has 166 valence electrons. The van der Waals surface area contributed by atoms with Gasteiger partial charge in [-0.05, 0) is 48.7 Å². The number of benzene rings is 3. The topological polar surface area (TPSA) is 67.9 Å². The van der Waals surface area contributed by atoms with Crippen molar-refractivity contribution in [2.24, 2.45) is 11.3 Å². The Morgan fingerprint density at radius 1 is 1.03 bits per heavy atom. The van der Waals surface area contributed by atoms with E-state index in [0.29, 0.717) is 0 Å².